The van der Waals surface area contributed by atoms with E-state index in [2.05, 4.69) is 21.8 Å². The molecule has 3 heteroatoms. The molecule has 2 aliphatic carbocycles. The Hall–Kier alpha value is -0.830. The monoisotopic (exact) mass is 233 g/mol. The highest BCUT2D eigenvalue weighted by Gasteiger charge is 2.26. The van der Waals surface area contributed by atoms with E-state index in [4.69, 9.17) is 0 Å². The van der Waals surface area contributed by atoms with E-state index in [1.165, 1.54) is 44.2 Å². The van der Waals surface area contributed by atoms with E-state index in [9.17, 15) is 0 Å². The first-order chi connectivity index (χ1) is 8.34. The van der Waals surface area contributed by atoms with Gasteiger partial charge in [0, 0.05) is 24.8 Å². The van der Waals surface area contributed by atoms with Crippen molar-refractivity contribution in [3.63, 3.8) is 0 Å². The molecule has 0 radical (unpaired) electrons. The summed E-state index contributed by atoms with van der Waals surface area (Å²) in [6.07, 6.45) is 12.4. The summed E-state index contributed by atoms with van der Waals surface area (Å²) < 4.78 is 2.36. The lowest BCUT2D eigenvalue weighted by molar-refractivity contribution is 0.376. The van der Waals surface area contributed by atoms with Crippen molar-refractivity contribution >= 4 is 0 Å². The average Bonchev–Trinajstić information content (AvgIpc) is 2.87. The fourth-order valence-electron chi connectivity index (χ4n) is 3.04. The van der Waals surface area contributed by atoms with Gasteiger partial charge in [0.05, 0.1) is 12.0 Å². The smallest absolute Gasteiger partial charge is 0.0951 e. The van der Waals surface area contributed by atoms with Crippen molar-refractivity contribution in [1.82, 2.24) is 14.9 Å². The van der Waals surface area contributed by atoms with Crippen LogP contribution in [-0.4, -0.2) is 15.6 Å². The topological polar surface area (TPSA) is 29.9 Å². The Morgan fingerprint density at radius 3 is 2.82 bits per heavy atom. The Balaban J connectivity index is 1.54. The third-order valence-corrected chi connectivity index (χ3v) is 4.40. The van der Waals surface area contributed by atoms with Crippen molar-refractivity contribution < 1.29 is 0 Å². The lowest BCUT2D eigenvalue weighted by Crippen LogP contribution is -2.32. The Morgan fingerprint density at radius 1 is 1.35 bits per heavy atom. The predicted octanol–water partition coefficient (Wildman–Crippen LogP) is 2.89. The minimum absolute atomic E-state index is 0.653. The fourth-order valence-corrected chi connectivity index (χ4v) is 3.04. The van der Waals surface area contributed by atoms with Crippen LogP contribution in [0.2, 0.25) is 0 Å². The van der Waals surface area contributed by atoms with Crippen LogP contribution >= 0.6 is 0 Å². The molecule has 3 nitrogen and oxygen atoms in total. The molecule has 2 fully saturated rings. The van der Waals surface area contributed by atoms with E-state index in [0.29, 0.717) is 6.04 Å². The zero-order valence-electron chi connectivity index (χ0n) is 10.7. The molecule has 0 aliphatic heterocycles. The second-order valence-electron chi connectivity index (χ2n) is 5.74. The van der Waals surface area contributed by atoms with Gasteiger partial charge < -0.3 is 9.88 Å². The van der Waals surface area contributed by atoms with Crippen LogP contribution in [-0.2, 0) is 6.54 Å². The molecular weight excluding hydrogens is 210 g/mol. The number of rotatable bonds is 5. The van der Waals surface area contributed by atoms with Gasteiger partial charge in [0.15, 0.2) is 0 Å². The van der Waals surface area contributed by atoms with Crippen molar-refractivity contribution in [3.8, 4) is 0 Å². The molecule has 1 aromatic rings. The van der Waals surface area contributed by atoms with Gasteiger partial charge in [0.1, 0.15) is 0 Å². The van der Waals surface area contributed by atoms with Crippen molar-refractivity contribution in [2.24, 2.45) is 5.92 Å². The van der Waals surface area contributed by atoms with Crippen LogP contribution in [0.4, 0.5) is 0 Å². The Labute approximate surface area is 104 Å². The van der Waals surface area contributed by atoms with Crippen molar-refractivity contribution in [1.29, 1.82) is 0 Å². The number of aromatic nitrogens is 2. The molecule has 2 saturated carbocycles. The molecule has 0 bridgehead atoms. The Bertz CT molecular complexity index is 361. The first-order valence-corrected chi connectivity index (χ1v) is 7.08. The molecule has 3 rings (SSSR count). The summed E-state index contributed by atoms with van der Waals surface area (Å²) in [6.45, 7) is 3.32. The van der Waals surface area contributed by atoms with E-state index >= 15 is 0 Å². The summed E-state index contributed by atoms with van der Waals surface area (Å²) >= 11 is 0. The molecule has 2 aliphatic rings. The SMILES string of the molecule is C[C@@H](NCc1cncn1C1CC1)C1CCCC1. The minimum Gasteiger partial charge on any atom is -0.330 e. The molecule has 0 spiro atoms. The van der Waals surface area contributed by atoms with Crippen LogP contribution < -0.4 is 5.32 Å². The summed E-state index contributed by atoms with van der Waals surface area (Å²) in [5, 5.41) is 3.69. The molecular formula is C14H23N3. The first-order valence-electron chi connectivity index (χ1n) is 7.08. The van der Waals surface area contributed by atoms with Gasteiger partial charge in [-0.2, -0.15) is 0 Å². The molecule has 1 atom stereocenters. The van der Waals surface area contributed by atoms with Crippen LogP contribution in [0.5, 0.6) is 0 Å². The van der Waals surface area contributed by atoms with E-state index in [0.717, 1.165) is 18.5 Å². The van der Waals surface area contributed by atoms with Gasteiger partial charge >= 0.3 is 0 Å². The van der Waals surface area contributed by atoms with Gasteiger partial charge in [-0.3, -0.25) is 0 Å². The highest BCUT2D eigenvalue weighted by Crippen LogP contribution is 2.35. The maximum absolute atomic E-state index is 4.28. The first kappa shape index (κ1) is 11.3. The largest absolute Gasteiger partial charge is 0.330 e. The second kappa shape index (κ2) is 4.81. The predicted molar refractivity (Wildman–Crippen MR) is 68.8 cm³/mol. The molecule has 0 amide bonds. The lowest BCUT2D eigenvalue weighted by Gasteiger charge is -2.20. The van der Waals surface area contributed by atoms with E-state index < -0.39 is 0 Å². The normalized spacial score (nSPS) is 23.1. The maximum Gasteiger partial charge on any atom is 0.0951 e. The van der Waals surface area contributed by atoms with Crippen molar-refractivity contribution in [2.75, 3.05) is 0 Å². The number of imidazole rings is 1. The van der Waals surface area contributed by atoms with Crippen LogP contribution in [0.1, 0.15) is 57.2 Å². The molecule has 17 heavy (non-hydrogen) atoms. The fraction of sp³-hybridized carbons (Fsp3) is 0.786. The Kier molecular flexibility index (Phi) is 3.19. The van der Waals surface area contributed by atoms with Crippen LogP contribution in [0.3, 0.4) is 0 Å². The van der Waals surface area contributed by atoms with Crippen molar-refractivity contribution in [2.45, 2.75) is 64.1 Å². The molecule has 1 N–H and O–H groups in total. The third-order valence-electron chi connectivity index (χ3n) is 4.40. The van der Waals surface area contributed by atoms with Crippen LogP contribution in [0, 0.1) is 5.92 Å². The molecule has 1 heterocycles. The summed E-state index contributed by atoms with van der Waals surface area (Å²) in [5.74, 6) is 0.896. The average molecular weight is 233 g/mol. The minimum atomic E-state index is 0.653. The van der Waals surface area contributed by atoms with E-state index in [1.807, 2.05) is 12.5 Å². The van der Waals surface area contributed by atoms with Gasteiger partial charge in [0.2, 0.25) is 0 Å². The van der Waals surface area contributed by atoms with E-state index in [-0.39, 0.29) is 0 Å². The van der Waals surface area contributed by atoms with Gasteiger partial charge in [-0.15, -0.1) is 0 Å². The number of hydrogen-bond donors (Lipinski definition) is 1. The Morgan fingerprint density at radius 2 is 2.12 bits per heavy atom. The second-order valence-corrected chi connectivity index (χ2v) is 5.74. The summed E-state index contributed by atoms with van der Waals surface area (Å²) in [7, 11) is 0. The summed E-state index contributed by atoms with van der Waals surface area (Å²) in [6, 6.07) is 1.40. The standard InChI is InChI=1S/C14H23N3/c1-11(12-4-2-3-5-12)16-9-14-8-15-10-17(14)13-6-7-13/h8,10-13,16H,2-7,9H2,1H3/t11-/m1/s1. The van der Waals surface area contributed by atoms with Gasteiger partial charge in [-0.05, 0) is 38.5 Å². The van der Waals surface area contributed by atoms with Crippen molar-refractivity contribution in [3.05, 3.63) is 18.2 Å². The maximum atomic E-state index is 4.28. The molecule has 1 aromatic heterocycles. The van der Waals surface area contributed by atoms with E-state index in [1.54, 1.807) is 0 Å². The van der Waals surface area contributed by atoms with Crippen LogP contribution in [0.15, 0.2) is 12.5 Å². The highest BCUT2D eigenvalue weighted by atomic mass is 15.1. The zero-order valence-corrected chi connectivity index (χ0v) is 10.7. The van der Waals surface area contributed by atoms with Gasteiger partial charge in [-0.25, -0.2) is 4.98 Å². The number of nitrogens with one attached hydrogen (secondary N) is 1. The number of hydrogen-bond acceptors (Lipinski definition) is 2. The molecule has 94 valence electrons. The quantitative estimate of drug-likeness (QED) is 0.847. The molecule has 0 aromatic carbocycles. The lowest BCUT2D eigenvalue weighted by atomic mass is 10.00. The zero-order chi connectivity index (χ0) is 11.7. The van der Waals surface area contributed by atoms with Crippen LogP contribution in [0.25, 0.3) is 0 Å². The van der Waals surface area contributed by atoms with Gasteiger partial charge in [0.25, 0.3) is 0 Å². The highest BCUT2D eigenvalue weighted by molar-refractivity contribution is 5.03. The third kappa shape index (κ3) is 2.54. The molecule has 0 saturated heterocycles. The van der Waals surface area contributed by atoms with Gasteiger partial charge in [-0.1, -0.05) is 12.8 Å². The number of nitrogens with zero attached hydrogens (tertiary/aromatic N) is 2. The molecule has 0 unspecified atom stereocenters. The summed E-state index contributed by atoms with van der Waals surface area (Å²) in [4.78, 5) is 4.28. The summed E-state index contributed by atoms with van der Waals surface area (Å²) in [5.41, 5.74) is 1.36.